The lowest BCUT2D eigenvalue weighted by Gasteiger charge is -2.26. The summed E-state index contributed by atoms with van der Waals surface area (Å²) in [7, 11) is 0. The van der Waals surface area contributed by atoms with Crippen LogP contribution in [0.5, 0.6) is 0 Å². The molecule has 1 aliphatic rings. The van der Waals surface area contributed by atoms with E-state index < -0.39 is 0 Å². The van der Waals surface area contributed by atoms with E-state index in [1.165, 1.54) is 5.52 Å². The molecule has 0 bridgehead atoms. The van der Waals surface area contributed by atoms with Crippen molar-refractivity contribution < 1.29 is 5.11 Å². The molecule has 1 saturated carbocycles. The Labute approximate surface area is 109 Å². The molecule has 3 nitrogen and oxygen atoms in total. The van der Waals surface area contributed by atoms with Gasteiger partial charge in [0, 0.05) is 10.5 Å². The number of aliphatic hydroxyl groups excluding tert-OH is 1. The molecule has 0 radical (unpaired) electrons. The van der Waals surface area contributed by atoms with Crippen molar-refractivity contribution in [2.24, 2.45) is 0 Å². The van der Waals surface area contributed by atoms with Gasteiger partial charge in [-0.25, -0.2) is 4.98 Å². The molecule has 3 rings (SSSR count). The average Bonchev–Trinajstić information content (AvgIpc) is 2.73. The van der Waals surface area contributed by atoms with Gasteiger partial charge in [0.15, 0.2) is 0 Å². The number of nitrogens with zero attached hydrogens (tertiary/aromatic N) is 2. The number of imidazole rings is 1. The molecule has 1 aliphatic carbocycles. The third-order valence-corrected chi connectivity index (χ3v) is 4.09. The summed E-state index contributed by atoms with van der Waals surface area (Å²) in [5.41, 5.74) is 2.22. The monoisotopic (exact) mass is 294 g/mol. The second-order valence-corrected chi connectivity index (χ2v) is 5.66. The Bertz CT molecular complexity index is 529. The average molecular weight is 295 g/mol. The summed E-state index contributed by atoms with van der Waals surface area (Å²) in [6, 6.07) is 6.70. The van der Waals surface area contributed by atoms with E-state index in [2.05, 4.69) is 37.6 Å². The van der Waals surface area contributed by atoms with Crippen molar-refractivity contribution in [3.63, 3.8) is 0 Å². The van der Waals surface area contributed by atoms with E-state index in [0.29, 0.717) is 6.04 Å². The van der Waals surface area contributed by atoms with Gasteiger partial charge in [-0.15, -0.1) is 0 Å². The van der Waals surface area contributed by atoms with Crippen LogP contribution in [-0.4, -0.2) is 20.8 Å². The molecule has 0 amide bonds. The van der Waals surface area contributed by atoms with Crippen molar-refractivity contribution in [3.05, 3.63) is 29.0 Å². The molecular weight excluding hydrogens is 280 g/mol. The van der Waals surface area contributed by atoms with Crippen LogP contribution < -0.4 is 0 Å². The molecule has 0 saturated heterocycles. The van der Waals surface area contributed by atoms with Gasteiger partial charge in [0.25, 0.3) is 0 Å². The van der Waals surface area contributed by atoms with E-state index in [1.54, 1.807) is 0 Å². The number of rotatable bonds is 1. The van der Waals surface area contributed by atoms with Crippen LogP contribution in [0.1, 0.15) is 31.7 Å². The van der Waals surface area contributed by atoms with E-state index in [-0.39, 0.29) is 6.10 Å². The number of hydrogen-bond acceptors (Lipinski definition) is 2. The quantitative estimate of drug-likeness (QED) is 0.876. The highest BCUT2D eigenvalue weighted by atomic mass is 79.9. The highest BCUT2D eigenvalue weighted by molar-refractivity contribution is 9.10. The van der Waals surface area contributed by atoms with E-state index in [4.69, 9.17) is 0 Å². The van der Waals surface area contributed by atoms with Crippen molar-refractivity contribution in [2.75, 3.05) is 0 Å². The van der Waals surface area contributed by atoms with Crippen LogP contribution in [0.4, 0.5) is 0 Å². The molecule has 1 N–H and O–H groups in total. The van der Waals surface area contributed by atoms with Gasteiger partial charge in [-0.1, -0.05) is 15.9 Å². The van der Waals surface area contributed by atoms with Gasteiger partial charge >= 0.3 is 0 Å². The molecule has 1 aromatic carbocycles. The highest BCUT2D eigenvalue weighted by Crippen LogP contribution is 2.31. The fraction of sp³-hybridized carbons (Fsp3) is 0.462. The summed E-state index contributed by atoms with van der Waals surface area (Å²) in [5.74, 6) is 0. The number of fused-ring (bicyclic) bond motifs is 1. The van der Waals surface area contributed by atoms with Crippen LogP contribution in [-0.2, 0) is 0 Å². The summed E-state index contributed by atoms with van der Waals surface area (Å²) >= 11 is 3.46. The van der Waals surface area contributed by atoms with Crippen molar-refractivity contribution in [1.82, 2.24) is 9.55 Å². The van der Waals surface area contributed by atoms with Gasteiger partial charge in [-0.05, 0) is 43.9 Å². The largest absolute Gasteiger partial charge is 0.393 e. The molecule has 17 heavy (non-hydrogen) atoms. The summed E-state index contributed by atoms with van der Waals surface area (Å²) < 4.78 is 3.32. The number of hydrogen-bond donors (Lipinski definition) is 1. The molecule has 0 aliphatic heterocycles. The topological polar surface area (TPSA) is 38.0 Å². The lowest BCUT2D eigenvalue weighted by atomic mass is 9.93. The maximum atomic E-state index is 9.54. The van der Waals surface area contributed by atoms with Gasteiger partial charge in [-0.2, -0.15) is 0 Å². The minimum absolute atomic E-state index is 0.102. The van der Waals surface area contributed by atoms with E-state index in [0.717, 1.165) is 35.7 Å². The minimum Gasteiger partial charge on any atom is -0.393 e. The summed E-state index contributed by atoms with van der Waals surface area (Å²) in [6.07, 6.45) is 5.72. The first kappa shape index (κ1) is 11.2. The Balaban J connectivity index is 1.95. The molecule has 4 heteroatoms. The number of aliphatic hydroxyl groups is 1. The van der Waals surface area contributed by atoms with Gasteiger partial charge in [-0.3, -0.25) is 0 Å². The zero-order valence-electron chi connectivity index (χ0n) is 9.51. The van der Waals surface area contributed by atoms with E-state index >= 15 is 0 Å². The van der Waals surface area contributed by atoms with Crippen LogP contribution in [0, 0.1) is 0 Å². The lowest BCUT2D eigenvalue weighted by molar-refractivity contribution is 0.111. The van der Waals surface area contributed by atoms with Crippen LogP contribution in [0.25, 0.3) is 11.0 Å². The van der Waals surface area contributed by atoms with Crippen molar-refractivity contribution in [2.45, 2.75) is 37.8 Å². The second-order valence-electron chi connectivity index (χ2n) is 4.75. The minimum atomic E-state index is -0.102. The fourth-order valence-corrected chi connectivity index (χ4v) is 2.98. The predicted octanol–water partition coefficient (Wildman–Crippen LogP) is 3.27. The van der Waals surface area contributed by atoms with Crippen LogP contribution in [0.3, 0.4) is 0 Å². The summed E-state index contributed by atoms with van der Waals surface area (Å²) in [6.45, 7) is 0. The van der Waals surface area contributed by atoms with Crippen molar-refractivity contribution in [1.29, 1.82) is 0 Å². The molecule has 1 heterocycles. The first-order valence-electron chi connectivity index (χ1n) is 6.04. The Morgan fingerprint density at radius 2 is 2.00 bits per heavy atom. The van der Waals surface area contributed by atoms with Crippen LogP contribution in [0.15, 0.2) is 29.0 Å². The molecule has 1 fully saturated rings. The van der Waals surface area contributed by atoms with Crippen LogP contribution >= 0.6 is 15.9 Å². The van der Waals surface area contributed by atoms with E-state index in [1.807, 2.05) is 12.4 Å². The molecule has 0 unspecified atom stereocenters. The Hall–Kier alpha value is -0.870. The third kappa shape index (κ3) is 2.11. The standard InChI is InChI=1S/C13H15BrN2O/c14-9-1-6-13-12(7-9)15-8-16(13)10-2-4-11(17)5-3-10/h1,6-8,10-11,17H,2-5H2/t10-,11-. The Morgan fingerprint density at radius 1 is 1.24 bits per heavy atom. The van der Waals surface area contributed by atoms with Crippen molar-refractivity contribution in [3.8, 4) is 0 Å². The van der Waals surface area contributed by atoms with Gasteiger partial charge < -0.3 is 9.67 Å². The summed E-state index contributed by atoms with van der Waals surface area (Å²) in [5, 5.41) is 9.54. The third-order valence-electron chi connectivity index (χ3n) is 3.60. The molecule has 1 aromatic heterocycles. The molecular formula is C13H15BrN2O. The zero-order valence-corrected chi connectivity index (χ0v) is 11.1. The summed E-state index contributed by atoms with van der Waals surface area (Å²) in [4.78, 5) is 4.44. The normalized spacial score (nSPS) is 25.3. The Kier molecular flexibility index (Phi) is 2.92. The van der Waals surface area contributed by atoms with Crippen molar-refractivity contribution >= 4 is 27.0 Å². The Morgan fingerprint density at radius 3 is 2.76 bits per heavy atom. The first-order valence-corrected chi connectivity index (χ1v) is 6.83. The highest BCUT2D eigenvalue weighted by Gasteiger charge is 2.21. The molecule has 0 atom stereocenters. The fourth-order valence-electron chi connectivity index (χ4n) is 2.63. The lowest BCUT2D eigenvalue weighted by Crippen LogP contribution is -2.20. The van der Waals surface area contributed by atoms with Crippen LogP contribution in [0.2, 0.25) is 0 Å². The zero-order chi connectivity index (χ0) is 11.8. The van der Waals surface area contributed by atoms with Gasteiger partial charge in [0.2, 0.25) is 0 Å². The van der Waals surface area contributed by atoms with E-state index in [9.17, 15) is 5.11 Å². The van der Waals surface area contributed by atoms with Gasteiger partial charge in [0.05, 0.1) is 23.5 Å². The van der Waals surface area contributed by atoms with Gasteiger partial charge in [0.1, 0.15) is 0 Å². The molecule has 0 spiro atoms. The second kappa shape index (κ2) is 4.42. The SMILES string of the molecule is O[C@H]1CC[C@H](n2cnc3cc(Br)ccc32)CC1. The molecule has 2 aromatic rings. The predicted molar refractivity (Wildman–Crippen MR) is 70.9 cm³/mol. The number of halogens is 1. The maximum Gasteiger partial charge on any atom is 0.0960 e. The number of aromatic nitrogens is 2. The number of benzene rings is 1. The maximum absolute atomic E-state index is 9.54. The first-order chi connectivity index (χ1) is 8.24. The smallest absolute Gasteiger partial charge is 0.0960 e. The molecule has 90 valence electrons.